The largest absolute Gasteiger partial charge is 0.270 e. The molecule has 0 amide bonds. The van der Waals surface area contributed by atoms with E-state index in [1.807, 2.05) is 24.6 Å². The van der Waals surface area contributed by atoms with Crippen LogP contribution in [-0.2, 0) is 6.54 Å². The van der Waals surface area contributed by atoms with Crippen molar-refractivity contribution in [3.63, 3.8) is 0 Å². The van der Waals surface area contributed by atoms with E-state index in [-0.39, 0.29) is 6.04 Å². The van der Waals surface area contributed by atoms with Crippen molar-refractivity contribution in [2.24, 2.45) is 5.84 Å². The van der Waals surface area contributed by atoms with Gasteiger partial charge >= 0.3 is 0 Å². The minimum absolute atomic E-state index is 0.263. The Morgan fingerprint density at radius 3 is 3.00 bits per heavy atom. The maximum atomic E-state index is 5.31. The number of aryl methyl sites for hydroxylation is 2. The molecule has 0 aliphatic rings. The Morgan fingerprint density at radius 1 is 1.85 bits per heavy atom. The van der Waals surface area contributed by atoms with Crippen LogP contribution in [0.3, 0.4) is 0 Å². The third-order valence-corrected chi connectivity index (χ3v) is 1.86. The molecule has 0 spiro atoms. The second-order valence-corrected chi connectivity index (χ2v) is 2.79. The van der Waals surface area contributed by atoms with Crippen molar-refractivity contribution in [2.45, 2.75) is 26.4 Å². The molecular formula is C9H14N4. The van der Waals surface area contributed by atoms with Gasteiger partial charge in [-0.15, -0.1) is 6.42 Å². The van der Waals surface area contributed by atoms with Gasteiger partial charge in [0.2, 0.25) is 0 Å². The molecule has 0 fully saturated rings. The topological polar surface area (TPSA) is 55.9 Å². The van der Waals surface area contributed by atoms with Gasteiger partial charge in [0.25, 0.3) is 0 Å². The van der Waals surface area contributed by atoms with Gasteiger partial charge in [-0.05, 0) is 19.9 Å². The van der Waals surface area contributed by atoms with Gasteiger partial charge in [0.15, 0.2) is 0 Å². The van der Waals surface area contributed by atoms with E-state index in [1.165, 1.54) is 0 Å². The Labute approximate surface area is 78.1 Å². The summed E-state index contributed by atoms with van der Waals surface area (Å²) in [5.74, 6) is 7.87. The van der Waals surface area contributed by atoms with Crippen molar-refractivity contribution in [3.8, 4) is 12.3 Å². The molecule has 4 nitrogen and oxygen atoms in total. The van der Waals surface area contributed by atoms with Gasteiger partial charge in [-0.25, -0.2) is 5.43 Å². The van der Waals surface area contributed by atoms with E-state index in [0.29, 0.717) is 0 Å². The van der Waals surface area contributed by atoms with Crippen molar-refractivity contribution in [2.75, 3.05) is 0 Å². The van der Waals surface area contributed by atoms with Crippen molar-refractivity contribution in [3.05, 3.63) is 17.5 Å². The minimum Gasteiger partial charge on any atom is -0.270 e. The fourth-order valence-electron chi connectivity index (χ4n) is 1.27. The molecule has 0 aliphatic heterocycles. The van der Waals surface area contributed by atoms with Gasteiger partial charge in [0.05, 0.1) is 11.4 Å². The summed E-state index contributed by atoms with van der Waals surface area (Å²) in [4.78, 5) is 0. The first kappa shape index (κ1) is 9.78. The predicted molar refractivity (Wildman–Crippen MR) is 51.5 cm³/mol. The average Bonchev–Trinajstić information content (AvgIpc) is 2.49. The monoisotopic (exact) mass is 178 g/mol. The van der Waals surface area contributed by atoms with E-state index in [2.05, 4.69) is 16.4 Å². The summed E-state index contributed by atoms with van der Waals surface area (Å²) in [6.07, 6.45) is 5.31. The van der Waals surface area contributed by atoms with Crippen molar-refractivity contribution in [1.29, 1.82) is 0 Å². The first-order chi connectivity index (χ1) is 6.22. The molecule has 0 saturated carbocycles. The molecule has 1 aromatic heterocycles. The number of terminal acetylenes is 1. The standard InChI is InChI=1S/C9H14N4/c1-4-8(11-10)9-6-7(3)12-13(9)5-2/h1,6,8,11H,5,10H2,2-3H3. The summed E-state index contributed by atoms with van der Waals surface area (Å²) < 4.78 is 1.85. The molecule has 4 heteroatoms. The molecule has 1 unspecified atom stereocenters. The molecule has 0 saturated heterocycles. The van der Waals surface area contributed by atoms with Crippen LogP contribution in [0.4, 0.5) is 0 Å². The molecule has 0 aliphatic carbocycles. The maximum Gasteiger partial charge on any atom is 0.123 e. The summed E-state index contributed by atoms with van der Waals surface area (Å²) >= 11 is 0. The number of nitrogens with two attached hydrogens (primary N) is 1. The summed E-state index contributed by atoms with van der Waals surface area (Å²) in [6.45, 7) is 4.74. The first-order valence-corrected chi connectivity index (χ1v) is 4.19. The normalized spacial score (nSPS) is 12.5. The number of nitrogens with one attached hydrogen (secondary N) is 1. The molecule has 0 aromatic carbocycles. The van der Waals surface area contributed by atoms with Crippen LogP contribution in [0.25, 0.3) is 0 Å². The number of hydrogen-bond donors (Lipinski definition) is 2. The zero-order chi connectivity index (χ0) is 9.84. The number of nitrogens with zero attached hydrogens (tertiary/aromatic N) is 2. The molecule has 0 radical (unpaired) electrons. The quantitative estimate of drug-likeness (QED) is 0.399. The van der Waals surface area contributed by atoms with Crippen LogP contribution in [0, 0.1) is 19.3 Å². The third kappa shape index (κ3) is 1.89. The molecule has 1 atom stereocenters. The second kappa shape index (κ2) is 4.08. The molecule has 3 N–H and O–H groups in total. The Hall–Kier alpha value is -1.31. The van der Waals surface area contributed by atoms with E-state index in [4.69, 9.17) is 12.3 Å². The summed E-state index contributed by atoms with van der Waals surface area (Å²) in [5, 5.41) is 4.27. The lowest BCUT2D eigenvalue weighted by molar-refractivity contribution is 0.560. The zero-order valence-corrected chi connectivity index (χ0v) is 7.91. The van der Waals surface area contributed by atoms with Gasteiger partial charge in [0, 0.05) is 6.54 Å². The van der Waals surface area contributed by atoms with E-state index in [9.17, 15) is 0 Å². The van der Waals surface area contributed by atoms with E-state index < -0.39 is 0 Å². The first-order valence-electron chi connectivity index (χ1n) is 4.19. The minimum atomic E-state index is -0.263. The number of hydrazine groups is 1. The van der Waals surface area contributed by atoms with E-state index in [0.717, 1.165) is 17.9 Å². The fourth-order valence-corrected chi connectivity index (χ4v) is 1.27. The molecule has 70 valence electrons. The predicted octanol–water partition coefficient (Wildman–Crippen LogP) is 0.349. The van der Waals surface area contributed by atoms with Crippen LogP contribution >= 0.6 is 0 Å². The van der Waals surface area contributed by atoms with Crippen molar-refractivity contribution < 1.29 is 0 Å². The molecule has 13 heavy (non-hydrogen) atoms. The zero-order valence-electron chi connectivity index (χ0n) is 7.91. The van der Waals surface area contributed by atoms with Gasteiger partial charge in [0.1, 0.15) is 6.04 Å². The van der Waals surface area contributed by atoms with Crippen LogP contribution in [-0.4, -0.2) is 9.78 Å². The van der Waals surface area contributed by atoms with E-state index in [1.54, 1.807) is 0 Å². The smallest absolute Gasteiger partial charge is 0.123 e. The Balaban J connectivity index is 3.05. The van der Waals surface area contributed by atoms with Crippen LogP contribution in [0.1, 0.15) is 24.4 Å². The number of aromatic nitrogens is 2. The SMILES string of the molecule is C#CC(NN)c1cc(C)nn1CC. The van der Waals surface area contributed by atoms with Gasteiger partial charge in [-0.3, -0.25) is 10.5 Å². The molecule has 1 aromatic rings. The Kier molecular flexibility index (Phi) is 3.07. The third-order valence-electron chi connectivity index (χ3n) is 1.86. The lowest BCUT2D eigenvalue weighted by atomic mass is 10.2. The van der Waals surface area contributed by atoms with Crippen molar-refractivity contribution >= 4 is 0 Å². The van der Waals surface area contributed by atoms with Crippen LogP contribution in [0.15, 0.2) is 6.07 Å². The summed E-state index contributed by atoms with van der Waals surface area (Å²) in [7, 11) is 0. The fraction of sp³-hybridized carbons (Fsp3) is 0.444. The molecular weight excluding hydrogens is 164 g/mol. The van der Waals surface area contributed by atoms with Crippen LogP contribution in [0.5, 0.6) is 0 Å². The van der Waals surface area contributed by atoms with Gasteiger partial charge < -0.3 is 0 Å². The Morgan fingerprint density at radius 2 is 2.54 bits per heavy atom. The van der Waals surface area contributed by atoms with Crippen molar-refractivity contribution in [1.82, 2.24) is 15.2 Å². The molecule has 1 heterocycles. The highest BCUT2D eigenvalue weighted by Crippen LogP contribution is 2.12. The lowest BCUT2D eigenvalue weighted by Crippen LogP contribution is -2.28. The maximum absolute atomic E-state index is 5.31. The highest BCUT2D eigenvalue weighted by atomic mass is 15.3. The van der Waals surface area contributed by atoms with Gasteiger partial charge in [-0.1, -0.05) is 5.92 Å². The summed E-state index contributed by atoms with van der Waals surface area (Å²) in [6, 6.07) is 1.68. The lowest BCUT2D eigenvalue weighted by Gasteiger charge is -2.10. The Bertz CT molecular complexity index is 321. The summed E-state index contributed by atoms with van der Waals surface area (Å²) in [5.41, 5.74) is 4.45. The average molecular weight is 178 g/mol. The highest BCUT2D eigenvalue weighted by molar-refractivity contribution is 5.20. The molecule has 1 rings (SSSR count). The van der Waals surface area contributed by atoms with Gasteiger partial charge in [-0.2, -0.15) is 5.10 Å². The second-order valence-electron chi connectivity index (χ2n) is 2.79. The number of hydrogen-bond acceptors (Lipinski definition) is 3. The highest BCUT2D eigenvalue weighted by Gasteiger charge is 2.12. The number of rotatable bonds is 3. The molecule has 0 bridgehead atoms. The van der Waals surface area contributed by atoms with Crippen LogP contribution < -0.4 is 11.3 Å². The van der Waals surface area contributed by atoms with Crippen LogP contribution in [0.2, 0.25) is 0 Å². The van der Waals surface area contributed by atoms with E-state index >= 15 is 0 Å².